The van der Waals surface area contributed by atoms with Crippen LogP contribution in [-0.2, 0) is 16.6 Å². The van der Waals surface area contributed by atoms with Gasteiger partial charge in [-0.1, -0.05) is 0 Å². The molecule has 5 nitrogen and oxygen atoms in total. The zero-order chi connectivity index (χ0) is 13.6. The maximum absolute atomic E-state index is 11.2. The molecule has 1 radical (unpaired) electrons. The molecule has 6 heteroatoms. The first-order chi connectivity index (χ1) is 8.46. The number of rotatable bonds is 7. The topological polar surface area (TPSA) is 75.6 Å². The predicted octanol–water partition coefficient (Wildman–Crippen LogP) is 0.606. The molecular formula is C12H18NO4S. The lowest BCUT2D eigenvalue weighted by Crippen LogP contribution is -2.23. The summed E-state index contributed by atoms with van der Waals surface area (Å²) in [7, 11) is -1.78. The van der Waals surface area contributed by atoms with Crippen LogP contribution in [0.1, 0.15) is 17.5 Å². The van der Waals surface area contributed by atoms with E-state index in [-0.39, 0.29) is 12.4 Å². The van der Waals surface area contributed by atoms with Crippen LogP contribution >= 0.6 is 0 Å². The molecule has 2 N–H and O–H groups in total. The minimum atomic E-state index is -3.17. The summed E-state index contributed by atoms with van der Waals surface area (Å²) in [6.45, 7) is 2.08. The third kappa shape index (κ3) is 5.03. The van der Waals surface area contributed by atoms with E-state index in [4.69, 9.17) is 9.84 Å². The van der Waals surface area contributed by atoms with Gasteiger partial charge in [-0.2, -0.15) is 0 Å². The Morgan fingerprint density at radius 2 is 2.17 bits per heavy atom. The van der Waals surface area contributed by atoms with Gasteiger partial charge in [0, 0.05) is 0 Å². The van der Waals surface area contributed by atoms with Crippen molar-refractivity contribution in [1.29, 1.82) is 0 Å². The minimum absolute atomic E-state index is 0.0360. The molecule has 0 aliphatic heterocycles. The van der Waals surface area contributed by atoms with Crippen molar-refractivity contribution in [2.75, 3.05) is 19.4 Å². The van der Waals surface area contributed by atoms with E-state index >= 15 is 0 Å². The van der Waals surface area contributed by atoms with E-state index in [1.54, 1.807) is 12.1 Å². The summed E-state index contributed by atoms with van der Waals surface area (Å²) in [6.07, 6.45) is 0.412. The van der Waals surface area contributed by atoms with Gasteiger partial charge >= 0.3 is 0 Å². The van der Waals surface area contributed by atoms with Crippen LogP contribution in [0, 0.1) is 13.0 Å². The number of sulfonamides is 1. The second-order valence-corrected chi connectivity index (χ2v) is 5.95. The Labute approximate surface area is 108 Å². The highest BCUT2D eigenvalue weighted by Crippen LogP contribution is 2.16. The fourth-order valence-corrected chi connectivity index (χ4v) is 2.16. The lowest BCUT2D eigenvalue weighted by atomic mass is 10.1. The Morgan fingerprint density at radius 3 is 2.78 bits per heavy atom. The number of nitrogens with one attached hydrogen (secondary N) is 1. The number of hydrogen-bond acceptors (Lipinski definition) is 4. The zero-order valence-corrected chi connectivity index (χ0v) is 11.4. The molecule has 0 saturated heterocycles. The highest BCUT2D eigenvalue weighted by molar-refractivity contribution is 7.89. The molecule has 0 bridgehead atoms. The summed E-state index contributed by atoms with van der Waals surface area (Å²) in [5.74, 6) is 0.658. The molecule has 0 fully saturated rings. The van der Waals surface area contributed by atoms with Crippen LogP contribution in [0.15, 0.2) is 12.1 Å². The van der Waals surface area contributed by atoms with Crippen LogP contribution in [-0.4, -0.2) is 32.9 Å². The smallest absolute Gasteiger partial charge is 0.211 e. The molecule has 18 heavy (non-hydrogen) atoms. The summed E-state index contributed by atoms with van der Waals surface area (Å²) in [5, 5.41) is 9.02. The highest BCUT2D eigenvalue weighted by Gasteiger charge is 2.06. The first-order valence-corrected chi connectivity index (χ1v) is 7.30. The largest absolute Gasteiger partial charge is 0.494 e. The Morgan fingerprint density at radius 1 is 1.44 bits per heavy atom. The van der Waals surface area contributed by atoms with Crippen molar-refractivity contribution in [2.24, 2.45) is 0 Å². The minimum Gasteiger partial charge on any atom is -0.494 e. The molecule has 1 aromatic carbocycles. The molecule has 0 aromatic heterocycles. The number of aryl methyl sites for hydroxylation is 1. The van der Waals surface area contributed by atoms with E-state index < -0.39 is 10.0 Å². The lowest BCUT2D eigenvalue weighted by molar-refractivity contribution is 0.278. The molecule has 1 aromatic rings. The van der Waals surface area contributed by atoms with Crippen LogP contribution in [0.4, 0.5) is 0 Å². The van der Waals surface area contributed by atoms with Crippen molar-refractivity contribution in [3.63, 3.8) is 0 Å². The van der Waals surface area contributed by atoms with E-state index in [1.807, 2.05) is 6.92 Å². The van der Waals surface area contributed by atoms with Crippen LogP contribution in [0.25, 0.3) is 0 Å². The second-order valence-electron chi connectivity index (χ2n) is 3.91. The zero-order valence-electron chi connectivity index (χ0n) is 10.6. The van der Waals surface area contributed by atoms with Gasteiger partial charge in [0.15, 0.2) is 0 Å². The van der Waals surface area contributed by atoms with Gasteiger partial charge in [-0.3, -0.25) is 0 Å². The number of aliphatic hydroxyl groups excluding tert-OH is 1. The summed E-state index contributed by atoms with van der Waals surface area (Å²) in [5.41, 5.74) is 1.53. The Hall–Kier alpha value is -1.11. The van der Waals surface area contributed by atoms with E-state index in [0.717, 1.165) is 5.56 Å². The average Bonchev–Trinajstić information content (AvgIpc) is 2.34. The number of benzene rings is 1. The Bertz CT molecular complexity index is 485. The maximum atomic E-state index is 11.2. The number of aliphatic hydroxyl groups is 1. The van der Waals surface area contributed by atoms with E-state index in [1.165, 1.54) is 7.05 Å². The van der Waals surface area contributed by atoms with Gasteiger partial charge in [0.25, 0.3) is 0 Å². The van der Waals surface area contributed by atoms with Crippen molar-refractivity contribution in [2.45, 2.75) is 20.0 Å². The fraction of sp³-hybridized carbons (Fsp3) is 0.500. The average molecular weight is 272 g/mol. The molecule has 0 unspecified atom stereocenters. The first kappa shape index (κ1) is 14.9. The van der Waals surface area contributed by atoms with Crippen molar-refractivity contribution in [3.8, 4) is 5.75 Å². The van der Waals surface area contributed by atoms with Crippen LogP contribution in [0.2, 0.25) is 0 Å². The monoisotopic (exact) mass is 272 g/mol. The third-order valence-electron chi connectivity index (χ3n) is 2.34. The molecule has 101 valence electrons. The van der Waals surface area contributed by atoms with E-state index in [0.29, 0.717) is 24.3 Å². The highest BCUT2D eigenvalue weighted by atomic mass is 32.2. The molecule has 0 aliphatic rings. The van der Waals surface area contributed by atoms with Crippen LogP contribution in [0.5, 0.6) is 5.75 Å². The number of ether oxygens (including phenoxy) is 1. The molecule has 0 amide bonds. The molecule has 0 spiro atoms. The number of hydrogen-bond donors (Lipinski definition) is 2. The maximum Gasteiger partial charge on any atom is 0.211 e. The molecular weight excluding hydrogens is 254 g/mol. The van der Waals surface area contributed by atoms with Gasteiger partial charge in [-0.25, -0.2) is 13.1 Å². The summed E-state index contributed by atoms with van der Waals surface area (Å²) < 4.78 is 30.0. The van der Waals surface area contributed by atoms with Crippen molar-refractivity contribution in [1.82, 2.24) is 4.72 Å². The molecule has 0 atom stereocenters. The Kier molecular flexibility index (Phi) is 5.58. The SMILES string of the molecule is CNS(=O)(=O)CCCOc1cc(C)[c]c(CO)c1. The van der Waals surface area contributed by atoms with Gasteiger partial charge in [-0.15, -0.1) is 0 Å². The van der Waals surface area contributed by atoms with Gasteiger partial charge in [0.05, 0.1) is 19.0 Å². The summed E-state index contributed by atoms with van der Waals surface area (Å²) in [4.78, 5) is 0. The van der Waals surface area contributed by atoms with Gasteiger partial charge in [-0.05, 0) is 49.7 Å². The molecule has 0 aliphatic carbocycles. The quantitative estimate of drug-likeness (QED) is 0.713. The Balaban J connectivity index is 2.47. The van der Waals surface area contributed by atoms with E-state index in [2.05, 4.69) is 10.8 Å². The predicted molar refractivity (Wildman–Crippen MR) is 68.9 cm³/mol. The standard InChI is InChI=1S/C12H18NO4S/c1-10-6-11(9-14)8-12(7-10)17-4-3-5-18(15,16)13-2/h7-8,13-14H,3-5,9H2,1-2H3. The van der Waals surface area contributed by atoms with Gasteiger partial charge in [0.2, 0.25) is 10.0 Å². The van der Waals surface area contributed by atoms with Crippen LogP contribution in [0.3, 0.4) is 0 Å². The van der Waals surface area contributed by atoms with Crippen LogP contribution < -0.4 is 9.46 Å². The summed E-state index contributed by atoms with van der Waals surface area (Å²) >= 11 is 0. The molecule has 0 heterocycles. The fourth-order valence-electron chi connectivity index (χ4n) is 1.46. The van der Waals surface area contributed by atoms with Crippen molar-refractivity contribution in [3.05, 3.63) is 29.3 Å². The lowest BCUT2D eigenvalue weighted by Gasteiger charge is -2.08. The van der Waals surface area contributed by atoms with Crippen molar-refractivity contribution >= 4 is 10.0 Å². The van der Waals surface area contributed by atoms with Crippen molar-refractivity contribution < 1.29 is 18.3 Å². The normalized spacial score (nSPS) is 11.5. The molecule has 1 rings (SSSR count). The third-order valence-corrected chi connectivity index (χ3v) is 3.79. The summed E-state index contributed by atoms with van der Waals surface area (Å²) in [6, 6.07) is 6.48. The van der Waals surface area contributed by atoms with E-state index in [9.17, 15) is 8.42 Å². The van der Waals surface area contributed by atoms with Gasteiger partial charge < -0.3 is 9.84 Å². The molecule has 0 saturated carbocycles. The second kappa shape index (κ2) is 6.72. The first-order valence-electron chi connectivity index (χ1n) is 5.64. The van der Waals surface area contributed by atoms with Gasteiger partial charge in [0.1, 0.15) is 5.75 Å².